The molecule has 0 spiro atoms. The van der Waals surface area contributed by atoms with Gasteiger partial charge in [-0.15, -0.1) is 6.58 Å². The zero-order valence-electron chi connectivity index (χ0n) is 7.09. The average molecular weight is 154 g/mol. The van der Waals surface area contributed by atoms with E-state index in [0.717, 1.165) is 0 Å². The highest BCUT2D eigenvalue weighted by Crippen LogP contribution is 2.40. The van der Waals surface area contributed by atoms with Crippen molar-refractivity contribution in [3.05, 3.63) is 12.7 Å². The van der Waals surface area contributed by atoms with E-state index >= 15 is 0 Å². The lowest BCUT2D eigenvalue weighted by molar-refractivity contribution is -0.153. The van der Waals surface area contributed by atoms with E-state index in [0.29, 0.717) is 13.0 Å². The fourth-order valence-electron chi connectivity index (χ4n) is 1.33. The molecule has 1 aliphatic rings. The Morgan fingerprint density at radius 3 is 2.91 bits per heavy atom. The van der Waals surface area contributed by atoms with E-state index in [1.54, 1.807) is 6.08 Å². The van der Waals surface area contributed by atoms with E-state index in [1.165, 1.54) is 0 Å². The standard InChI is InChI=1S/C9H14O2/c1-4-9(3)7(10)6-8(9)11-5-2/h4,8H,1,5-6H2,2-3H3/t8-,9-/m1/s1. The molecular formula is C9H14O2. The fraction of sp³-hybridized carbons (Fsp3) is 0.667. The third-order valence-corrected chi connectivity index (χ3v) is 2.43. The van der Waals surface area contributed by atoms with Gasteiger partial charge in [-0.2, -0.15) is 0 Å². The lowest BCUT2D eigenvalue weighted by Crippen LogP contribution is -2.51. The summed E-state index contributed by atoms with van der Waals surface area (Å²) in [6.07, 6.45) is 2.31. The van der Waals surface area contributed by atoms with Gasteiger partial charge in [0, 0.05) is 13.0 Å². The highest BCUT2D eigenvalue weighted by Gasteiger charge is 2.49. The summed E-state index contributed by atoms with van der Waals surface area (Å²) in [5.74, 6) is 0.242. The van der Waals surface area contributed by atoms with Crippen LogP contribution in [0, 0.1) is 5.41 Å². The normalized spacial score (nSPS) is 36.5. The van der Waals surface area contributed by atoms with Crippen molar-refractivity contribution in [2.45, 2.75) is 26.4 Å². The van der Waals surface area contributed by atoms with E-state index in [1.807, 2.05) is 13.8 Å². The van der Waals surface area contributed by atoms with Crippen molar-refractivity contribution >= 4 is 5.78 Å². The van der Waals surface area contributed by atoms with E-state index in [4.69, 9.17) is 4.74 Å². The summed E-state index contributed by atoms with van der Waals surface area (Å²) in [6, 6.07) is 0. The number of ketones is 1. The minimum absolute atomic E-state index is 0.0671. The predicted octanol–water partition coefficient (Wildman–Crippen LogP) is 1.56. The molecule has 0 aromatic carbocycles. The third-order valence-electron chi connectivity index (χ3n) is 2.43. The molecule has 0 saturated heterocycles. The fourth-order valence-corrected chi connectivity index (χ4v) is 1.33. The Hall–Kier alpha value is -0.630. The molecule has 2 atom stereocenters. The molecule has 0 amide bonds. The van der Waals surface area contributed by atoms with Crippen molar-refractivity contribution in [2.75, 3.05) is 6.61 Å². The molecule has 0 aromatic rings. The zero-order valence-corrected chi connectivity index (χ0v) is 7.09. The average Bonchev–Trinajstić information content (AvgIpc) is 2.03. The van der Waals surface area contributed by atoms with E-state index in [9.17, 15) is 4.79 Å². The number of hydrogen-bond donors (Lipinski definition) is 0. The van der Waals surface area contributed by atoms with E-state index in [2.05, 4.69) is 6.58 Å². The highest BCUT2D eigenvalue weighted by molar-refractivity contribution is 5.93. The minimum Gasteiger partial charge on any atom is -0.377 e. The first-order valence-corrected chi connectivity index (χ1v) is 3.93. The quantitative estimate of drug-likeness (QED) is 0.576. The van der Waals surface area contributed by atoms with Crippen molar-refractivity contribution in [1.29, 1.82) is 0 Å². The van der Waals surface area contributed by atoms with Gasteiger partial charge >= 0.3 is 0 Å². The summed E-state index contributed by atoms with van der Waals surface area (Å²) in [6.45, 7) is 8.12. The van der Waals surface area contributed by atoms with Crippen molar-refractivity contribution in [2.24, 2.45) is 5.41 Å². The Morgan fingerprint density at radius 1 is 1.91 bits per heavy atom. The van der Waals surface area contributed by atoms with Crippen LogP contribution in [-0.4, -0.2) is 18.5 Å². The van der Waals surface area contributed by atoms with Gasteiger partial charge in [0.15, 0.2) is 0 Å². The van der Waals surface area contributed by atoms with Crippen LogP contribution >= 0.6 is 0 Å². The second kappa shape index (κ2) is 2.78. The van der Waals surface area contributed by atoms with Gasteiger partial charge in [0.05, 0.1) is 11.5 Å². The molecule has 0 aliphatic heterocycles. The predicted molar refractivity (Wildman–Crippen MR) is 43.3 cm³/mol. The summed E-state index contributed by atoms with van der Waals surface area (Å²) >= 11 is 0. The number of carbonyl (C=O) groups excluding carboxylic acids is 1. The van der Waals surface area contributed by atoms with Crippen LogP contribution in [0.2, 0.25) is 0 Å². The molecule has 0 N–H and O–H groups in total. The molecule has 1 saturated carbocycles. The molecule has 0 heterocycles. The molecule has 1 fully saturated rings. The molecule has 0 unspecified atom stereocenters. The maximum absolute atomic E-state index is 11.1. The summed E-state index contributed by atoms with van der Waals surface area (Å²) in [4.78, 5) is 11.1. The van der Waals surface area contributed by atoms with Gasteiger partial charge in [0.2, 0.25) is 0 Å². The summed E-state index contributed by atoms with van der Waals surface area (Å²) < 4.78 is 5.36. The van der Waals surface area contributed by atoms with Gasteiger partial charge in [-0.3, -0.25) is 4.79 Å². The highest BCUT2D eigenvalue weighted by atomic mass is 16.5. The minimum atomic E-state index is -0.407. The van der Waals surface area contributed by atoms with Crippen molar-refractivity contribution in [3.63, 3.8) is 0 Å². The molecule has 1 rings (SSSR count). The SMILES string of the molecule is C=C[C@]1(C)C(=O)C[C@H]1OCC. The maximum Gasteiger partial charge on any atom is 0.147 e. The van der Waals surface area contributed by atoms with Crippen LogP contribution in [0.15, 0.2) is 12.7 Å². The van der Waals surface area contributed by atoms with Crippen molar-refractivity contribution in [1.82, 2.24) is 0 Å². The number of carbonyl (C=O) groups is 1. The van der Waals surface area contributed by atoms with Crippen LogP contribution in [0.1, 0.15) is 20.3 Å². The second-order valence-corrected chi connectivity index (χ2v) is 3.06. The lowest BCUT2D eigenvalue weighted by Gasteiger charge is -2.42. The smallest absolute Gasteiger partial charge is 0.147 e. The number of rotatable bonds is 3. The van der Waals surface area contributed by atoms with Crippen molar-refractivity contribution < 1.29 is 9.53 Å². The molecular weight excluding hydrogens is 140 g/mol. The van der Waals surface area contributed by atoms with Gasteiger partial charge in [0.1, 0.15) is 5.78 Å². The zero-order chi connectivity index (χ0) is 8.48. The third kappa shape index (κ3) is 1.11. The molecule has 0 aromatic heterocycles. The van der Waals surface area contributed by atoms with Gasteiger partial charge in [-0.05, 0) is 13.8 Å². The summed E-state index contributed by atoms with van der Waals surface area (Å²) in [5.41, 5.74) is -0.407. The number of ether oxygens (including phenoxy) is 1. The van der Waals surface area contributed by atoms with Crippen LogP contribution in [0.3, 0.4) is 0 Å². The first-order valence-electron chi connectivity index (χ1n) is 3.93. The number of Topliss-reactive ketones (excluding diaryl/α,β-unsaturated/α-hetero) is 1. The Bertz CT molecular complexity index is 186. The molecule has 62 valence electrons. The van der Waals surface area contributed by atoms with E-state index < -0.39 is 5.41 Å². The van der Waals surface area contributed by atoms with Crippen LogP contribution in [0.5, 0.6) is 0 Å². The Labute approximate surface area is 67.2 Å². The van der Waals surface area contributed by atoms with Gasteiger partial charge in [0.25, 0.3) is 0 Å². The van der Waals surface area contributed by atoms with Gasteiger partial charge in [-0.1, -0.05) is 6.08 Å². The Balaban J connectivity index is 2.60. The molecule has 11 heavy (non-hydrogen) atoms. The second-order valence-electron chi connectivity index (χ2n) is 3.06. The van der Waals surface area contributed by atoms with Gasteiger partial charge < -0.3 is 4.74 Å². The molecule has 0 radical (unpaired) electrons. The first kappa shape index (κ1) is 8.47. The Kier molecular flexibility index (Phi) is 2.14. The van der Waals surface area contributed by atoms with Crippen LogP contribution in [-0.2, 0) is 9.53 Å². The van der Waals surface area contributed by atoms with Crippen LogP contribution in [0.25, 0.3) is 0 Å². The Morgan fingerprint density at radius 2 is 2.55 bits per heavy atom. The first-order chi connectivity index (χ1) is 5.15. The van der Waals surface area contributed by atoms with E-state index in [-0.39, 0.29) is 11.9 Å². The molecule has 1 aliphatic carbocycles. The van der Waals surface area contributed by atoms with Crippen LogP contribution < -0.4 is 0 Å². The largest absolute Gasteiger partial charge is 0.377 e. The number of hydrogen-bond acceptors (Lipinski definition) is 2. The monoisotopic (exact) mass is 154 g/mol. The molecule has 0 bridgehead atoms. The van der Waals surface area contributed by atoms with Gasteiger partial charge in [-0.25, -0.2) is 0 Å². The molecule has 2 nitrogen and oxygen atoms in total. The topological polar surface area (TPSA) is 26.3 Å². The maximum atomic E-state index is 11.1. The molecule has 2 heteroatoms. The van der Waals surface area contributed by atoms with Crippen LogP contribution in [0.4, 0.5) is 0 Å². The summed E-state index contributed by atoms with van der Waals surface area (Å²) in [7, 11) is 0. The van der Waals surface area contributed by atoms with Crippen molar-refractivity contribution in [3.8, 4) is 0 Å². The lowest BCUT2D eigenvalue weighted by atomic mass is 9.66. The summed E-state index contributed by atoms with van der Waals surface area (Å²) in [5, 5.41) is 0.